The Morgan fingerprint density at radius 1 is 1.07 bits per heavy atom. The van der Waals surface area contributed by atoms with Crippen LogP contribution >= 0.6 is 11.3 Å². The van der Waals surface area contributed by atoms with Crippen LogP contribution in [0.4, 0.5) is 10.1 Å². The highest BCUT2D eigenvalue weighted by Crippen LogP contribution is 2.27. The van der Waals surface area contributed by atoms with Gasteiger partial charge in [0, 0.05) is 48.5 Å². The number of amides is 1. The summed E-state index contributed by atoms with van der Waals surface area (Å²) in [5.41, 5.74) is 2.62. The Kier molecular flexibility index (Phi) is 6.65. The molecule has 4 nitrogen and oxygen atoms in total. The second-order valence-electron chi connectivity index (χ2n) is 7.89. The van der Waals surface area contributed by atoms with Crippen molar-refractivity contribution in [2.24, 2.45) is 0 Å². The van der Waals surface area contributed by atoms with Crippen LogP contribution in [-0.2, 0) is 0 Å². The van der Waals surface area contributed by atoms with Gasteiger partial charge in [-0.2, -0.15) is 0 Å². The van der Waals surface area contributed by atoms with E-state index < -0.39 is 0 Å². The predicted octanol–water partition coefficient (Wildman–Crippen LogP) is 4.68. The van der Waals surface area contributed by atoms with E-state index in [0.717, 1.165) is 50.3 Å². The van der Waals surface area contributed by atoms with Gasteiger partial charge in [-0.25, -0.2) is 4.39 Å². The van der Waals surface area contributed by atoms with Crippen molar-refractivity contribution in [3.63, 3.8) is 0 Å². The van der Waals surface area contributed by atoms with Gasteiger partial charge in [0.2, 0.25) is 0 Å². The fourth-order valence-electron chi connectivity index (χ4n) is 3.94. The molecule has 6 heteroatoms. The SMILES string of the molecule is Cc1cccc(N2CCN(CCCCNC(=O)c3cc4c(F)cccc4s3)CC2)c1. The summed E-state index contributed by atoms with van der Waals surface area (Å²) in [6.45, 7) is 8.12. The van der Waals surface area contributed by atoms with Crippen LogP contribution in [0.2, 0.25) is 0 Å². The maximum Gasteiger partial charge on any atom is 0.261 e. The van der Waals surface area contributed by atoms with E-state index >= 15 is 0 Å². The maximum atomic E-state index is 13.8. The average molecular weight is 426 g/mol. The number of nitrogens with one attached hydrogen (secondary N) is 1. The Labute approximate surface area is 181 Å². The molecule has 1 aliphatic rings. The topological polar surface area (TPSA) is 35.6 Å². The molecule has 0 unspecified atom stereocenters. The maximum absolute atomic E-state index is 13.8. The van der Waals surface area contributed by atoms with Gasteiger partial charge >= 0.3 is 0 Å². The first-order chi connectivity index (χ1) is 14.6. The zero-order valence-electron chi connectivity index (χ0n) is 17.4. The molecule has 0 atom stereocenters. The molecule has 0 aliphatic carbocycles. The molecule has 30 heavy (non-hydrogen) atoms. The molecule has 1 aliphatic heterocycles. The van der Waals surface area contributed by atoms with Crippen molar-refractivity contribution in [3.8, 4) is 0 Å². The van der Waals surface area contributed by atoms with Crippen molar-refractivity contribution >= 4 is 33.0 Å². The van der Waals surface area contributed by atoms with Crippen molar-refractivity contribution < 1.29 is 9.18 Å². The third-order valence-corrected chi connectivity index (χ3v) is 6.76. The number of nitrogens with zero attached hydrogens (tertiary/aromatic N) is 2. The molecule has 1 N–H and O–H groups in total. The number of thiophene rings is 1. The quantitative estimate of drug-likeness (QED) is 0.558. The molecule has 3 aromatic rings. The standard InChI is InChI=1S/C24H28FN3OS/c1-18-6-4-7-19(16-18)28-14-12-27(13-15-28)11-3-2-10-26-24(29)23-17-20-21(25)8-5-9-22(20)30-23/h4-9,16-17H,2-3,10-15H2,1H3,(H,26,29). The van der Waals surface area contributed by atoms with E-state index in [9.17, 15) is 9.18 Å². The molecule has 4 rings (SSSR count). The number of hydrogen-bond acceptors (Lipinski definition) is 4. The molecule has 1 aromatic heterocycles. The first-order valence-electron chi connectivity index (χ1n) is 10.6. The van der Waals surface area contributed by atoms with Crippen molar-refractivity contribution in [2.45, 2.75) is 19.8 Å². The number of benzene rings is 2. The highest BCUT2D eigenvalue weighted by molar-refractivity contribution is 7.20. The Balaban J connectivity index is 1.15. The summed E-state index contributed by atoms with van der Waals surface area (Å²) in [6.07, 6.45) is 2.01. The summed E-state index contributed by atoms with van der Waals surface area (Å²) in [5.74, 6) is -0.382. The monoisotopic (exact) mass is 425 g/mol. The fraction of sp³-hybridized carbons (Fsp3) is 0.375. The van der Waals surface area contributed by atoms with Crippen LogP contribution in [0.5, 0.6) is 0 Å². The molecule has 1 amide bonds. The summed E-state index contributed by atoms with van der Waals surface area (Å²) >= 11 is 1.34. The predicted molar refractivity (Wildman–Crippen MR) is 123 cm³/mol. The molecule has 0 bridgehead atoms. The molecule has 0 radical (unpaired) electrons. The molecule has 1 fully saturated rings. The zero-order chi connectivity index (χ0) is 20.9. The minimum Gasteiger partial charge on any atom is -0.369 e. The number of carbonyl (C=O) groups excluding carboxylic acids is 1. The molecule has 158 valence electrons. The van der Waals surface area contributed by atoms with Crippen LogP contribution in [0.15, 0.2) is 48.5 Å². The van der Waals surface area contributed by atoms with E-state index in [4.69, 9.17) is 0 Å². The first-order valence-corrected chi connectivity index (χ1v) is 11.4. The van der Waals surface area contributed by atoms with Gasteiger partial charge in [0.25, 0.3) is 5.91 Å². The summed E-state index contributed by atoms with van der Waals surface area (Å²) in [5, 5.41) is 3.50. The van der Waals surface area contributed by atoms with E-state index in [0.29, 0.717) is 16.8 Å². The van der Waals surface area contributed by atoms with Crippen LogP contribution in [-0.4, -0.2) is 50.1 Å². The van der Waals surface area contributed by atoms with Gasteiger partial charge in [-0.05, 0) is 62.2 Å². The Hall–Kier alpha value is -2.44. The summed E-state index contributed by atoms with van der Waals surface area (Å²) in [6, 6.07) is 15.3. The molecule has 0 spiro atoms. The number of piperazine rings is 1. The number of aryl methyl sites for hydroxylation is 1. The third-order valence-electron chi connectivity index (χ3n) is 5.66. The summed E-state index contributed by atoms with van der Waals surface area (Å²) < 4.78 is 14.6. The Morgan fingerprint density at radius 3 is 2.63 bits per heavy atom. The molecular formula is C24H28FN3OS. The van der Waals surface area contributed by atoms with Gasteiger partial charge < -0.3 is 10.2 Å². The lowest BCUT2D eigenvalue weighted by Crippen LogP contribution is -2.46. The highest BCUT2D eigenvalue weighted by Gasteiger charge is 2.17. The van der Waals surface area contributed by atoms with E-state index in [1.807, 2.05) is 6.07 Å². The van der Waals surface area contributed by atoms with Crippen molar-refractivity contribution in [1.29, 1.82) is 0 Å². The molecule has 2 aromatic carbocycles. The van der Waals surface area contributed by atoms with Gasteiger partial charge in [0.15, 0.2) is 0 Å². The van der Waals surface area contributed by atoms with Crippen LogP contribution < -0.4 is 10.2 Å². The zero-order valence-corrected chi connectivity index (χ0v) is 18.2. The van der Waals surface area contributed by atoms with Crippen molar-refractivity contribution in [2.75, 3.05) is 44.2 Å². The molecule has 2 heterocycles. The summed E-state index contributed by atoms with van der Waals surface area (Å²) in [4.78, 5) is 17.9. The number of hydrogen-bond donors (Lipinski definition) is 1. The largest absolute Gasteiger partial charge is 0.369 e. The number of anilines is 1. The number of halogens is 1. The lowest BCUT2D eigenvalue weighted by Gasteiger charge is -2.36. The lowest BCUT2D eigenvalue weighted by atomic mass is 10.2. The van der Waals surface area contributed by atoms with Gasteiger partial charge in [-0.3, -0.25) is 9.69 Å². The van der Waals surface area contributed by atoms with Crippen molar-refractivity contribution in [3.05, 3.63) is 64.8 Å². The lowest BCUT2D eigenvalue weighted by molar-refractivity contribution is 0.0956. The summed E-state index contributed by atoms with van der Waals surface area (Å²) in [7, 11) is 0. The van der Waals surface area contributed by atoms with E-state index in [2.05, 4.69) is 46.3 Å². The Bertz CT molecular complexity index is 1010. The van der Waals surface area contributed by atoms with E-state index in [1.54, 1.807) is 12.1 Å². The normalized spacial score (nSPS) is 14.9. The minimum atomic E-state index is -0.273. The van der Waals surface area contributed by atoms with Gasteiger partial charge in [0.1, 0.15) is 5.82 Å². The number of unbranched alkanes of at least 4 members (excludes halogenated alkanes) is 1. The highest BCUT2D eigenvalue weighted by atomic mass is 32.1. The number of rotatable bonds is 7. The van der Waals surface area contributed by atoms with Crippen molar-refractivity contribution in [1.82, 2.24) is 10.2 Å². The van der Waals surface area contributed by atoms with Crippen LogP contribution in [0.25, 0.3) is 10.1 Å². The Morgan fingerprint density at radius 2 is 1.87 bits per heavy atom. The van der Waals surface area contributed by atoms with Gasteiger partial charge in [-0.1, -0.05) is 18.2 Å². The van der Waals surface area contributed by atoms with E-state index in [-0.39, 0.29) is 11.7 Å². The second-order valence-corrected chi connectivity index (χ2v) is 8.98. The smallest absolute Gasteiger partial charge is 0.261 e. The average Bonchev–Trinajstić information content (AvgIpc) is 3.20. The van der Waals surface area contributed by atoms with Gasteiger partial charge in [0.05, 0.1) is 4.88 Å². The van der Waals surface area contributed by atoms with Crippen LogP contribution in [0.3, 0.4) is 0 Å². The molecular weight excluding hydrogens is 397 g/mol. The molecule has 0 saturated carbocycles. The van der Waals surface area contributed by atoms with Crippen LogP contribution in [0.1, 0.15) is 28.1 Å². The third kappa shape index (κ3) is 4.99. The minimum absolute atomic E-state index is 0.109. The second kappa shape index (κ2) is 9.58. The van der Waals surface area contributed by atoms with Gasteiger partial charge in [-0.15, -0.1) is 11.3 Å². The first kappa shape index (κ1) is 20.8. The molecule has 1 saturated heterocycles. The fourth-order valence-corrected chi connectivity index (χ4v) is 4.93. The van der Waals surface area contributed by atoms with E-state index in [1.165, 1.54) is 28.7 Å². The van der Waals surface area contributed by atoms with Crippen LogP contribution in [0, 0.1) is 12.7 Å². The number of carbonyl (C=O) groups is 1. The number of fused-ring (bicyclic) bond motifs is 1.